The second kappa shape index (κ2) is 12.0. The van der Waals surface area contributed by atoms with Crippen molar-refractivity contribution in [3.63, 3.8) is 0 Å². The molecule has 6 heteroatoms. The molecule has 4 aliphatic carbocycles. The summed E-state index contributed by atoms with van der Waals surface area (Å²) in [6, 6.07) is 0. The Morgan fingerprint density at radius 2 is 1.55 bits per heavy atom. The Hall–Kier alpha value is -1.50. The van der Waals surface area contributed by atoms with Crippen molar-refractivity contribution >= 4 is 11.8 Å². The lowest BCUT2D eigenvalue weighted by atomic mass is 9.60. The van der Waals surface area contributed by atoms with Crippen LogP contribution in [0, 0.1) is 29.1 Å². The van der Waals surface area contributed by atoms with Crippen LogP contribution in [0.4, 0.5) is 0 Å². The second-order valence-corrected chi connectivity index (χ2v) is 14.1. The largest absolute Gasteiger partial charge is 0.458 e. The van der Waals surface area contributed by atoms with Gasteiger partial charge in [-0.25, -0.2) is 0 Å². The Kier molecular flexibility index (Phi) is 9.44. The summed E-state index contributed by atoms with van der Waals surface area (Å²) in [4.78, 5) is 26.2. The number of ketones is 1. The third-order valence-corrected chi connectivity index (χ3v) is 11.2. The molecule has 7 atom stereocenters. The van der Waals surface area contributed by atoms with Gasteiger partial charge in [0.2, 0.25) is 0 Å². The molecule has 0 aliphatic heterocycles. The number of esters is 1. The summed E-state index contributed by atoms with van der Waals surface area (Å²) in [6.07, 6.45) is 18.0. The van der Waals surface area contributed by atoms with Crippen molar-refractivity contribution in [2.75, 3.05) is 6.61 Å². The zero-order chi connectivity index (χ0) is 29.3. The number of unbranched alkanes of at least 4 members (excludes halogenated alkanes) is 10. The van der Waals surface area contributed by atoms with E-state index in [0.29, 0.717) is 24.0 Å². The van der Waals surface area contributed by atoms with Gasteiger partial charge >= 0.3 is 5.97 Å². The van der Waals surface area contributed by atoms with E-state index in [0.717, 1.165) is 19.3 Å². The van der Waals surface area contributed by atoms with E-state index in [4.69, 9.17) is 4.74 Å². The highest BCUT2D eigenvalue weighted by molar-refractivity contribution is 6.04. The minimum absolute atomic E-state index is 0.00512. The molecule has 0 unspecified atom stereocenters. The maximum Gasteiger partial charge on any atom is 0.306 e. The molecular weight excluding hydrogens is 504 g/mol. The van der Waals surface area contributed by atoms with Crippen molar-refractivity contribution in [2.24, 2.45) is 29.1 Å². The summed E-state index contributed by atoms with van der Waals surface area (Å²) < 4.78 is 6.33. The molecule has 4 rings (SSSR count). The van der Waals surface area contributed by atoms with Crippen LogP contribution in [0.1, 0.15) is 125 Å². The van der Waals surface area contributed by atoms with E-state index in [2.05, 4.69) is 20.8 Å². The molecule has 0 aromatic carbocycles. The van der Waals surface area contributed by atoms with Crippen LogP contribution < -0.4 is 0 Å². The molecule has 0 aromatic heterocycles. The number of fused-ring (bicyclic) bond motifs is 5. The topological polar surface area (TPSA) is 104 Å². The first kappa shape index (κ1) is 31.4. The first-order valence-corrected chi connectivity index (χ1v) is 16.1. The van der Waals surface area contributed by atoms with Gasteiger partial charge in [-0.2, -0.15) is 0 Å². The molecule has 0 spiro atoms. The molecule has 226 valence electrons. The lowest BCUT2D eigenvalue weighted by molar-refractivity contribution is -0.187. The highest BCUT2D eigenvalue weighted by Crippen LogP contribution is 2.76. The van der Waals surface area contributed by atoms with E-state index >= 15 is 0 Å². The minimum atomic E-state index is -1.76. The molecule has 0 amide bonds. The van der Waals surface area contributed by atoms with Gasteiger partial charge in [-0.05, 0) is 36.8 Å². The van der Waals surface area contributed by atoms with Gasteiger partial charge in [-0.15, -0.1) is 0 Å². The van der Waals surface area contributed by atoms with Gasteiger partial charge < -0.3 is 20.1 Å². The monoisotopic (exact) mass is 558 g/mol. The molecule has 40 heavy (non-hydrogen) atoms. The number of aliphatic hydroxyl groups excluding tert-OH is 1. The average Bonchev–Trinajstić information content (AvgIpc) is 3.31. The number of carbonyl (C=O) groups is 2. The van der Waals surface area contributed by atoms with E-state index < -0.39 is 28.6 Å². The summed E-state index contributed by atoms with van der Waals surface area (Å²) >= 11 is 0. The molecule has 0 aromatic rings. The van der Waals surface area contributed by atoms with Gasteiger partial charge in [0.1, 0.15) is 11.2 Å². The predicted octanol–water partition coefficient (Wildman–Crippen LogP) is 6.21. The molecule has 2 fully saturated rings. The van der Waals surface area contributed by atoms with Gasteiger partial charge in [0.05, 0.1) is 12.2 Å². The fourth-order valence-electron chi connectivity index (χ4n) is 8.79. The number of carbonyl (C=O) groups excluding carboxylic acids is 2. The van der Waals surface area contributed by atoms with Crippen molar-refractivity contribution in [3.05, 3.63) is 23.3 Å². The summed E-state index contributed by atoms with van der Waals surface area (Å²) in [5.74, 6) is -2.25. The third kappa shape index (κ3) is 5.26. The van der Waals surface area contributed by atoms with E-state index in [9.17, 15) is 24.9 Å². The van der Waals surface area contributed by atoms with E-state index in [1.807, 2.05) is 13.0 Å². The summed E-state index contributed by atoms with van der Waals surface area (Å²) in [5, 5.41) is 34.2. The van der Waals surface area contributed by atoms with Crippen LogP contribution in [-0.2, 0) is 14.3 Å². The maximum atomic E-state index is 13.1. The molecule has 2 saturated carbocycles. The quantitative estimate of drug-likeness (QED) is 0.133. The summed E-state index contributed by atoms with van der Waals surface area (Å²) in [5.41, 5.74) is -3.20. The predicted molar refractivity (Wildman–Crippen MR) is 156 cm³/mol. The number of aliphatic hydroxyl groups is 3. The van der Waals surface area contributed by atoms with Gasteiger partial charge in [-0.3, -0.25) is 9.59 Å². The molecule has 0 radical (unpaired) electrons. The summed E-state index contributed by atoms with van der Waals surface area (Å²) in [7, 11) is 0. The Balaban J connectivity index is 1.37. The van der Waals surface area contributed by atoms with E-state index in [-0.39, 0.29) is 42.0 Å². The van der Waals surface area contributed by atoms with Gasteiger partial charge in [0.15, 0.2) is 5.78 Å². The van der Waals surface area contributed by atoms with Crippen LogP contribution in [0.3, 0.4) is 0 Å². The molecule has 0 heterocycles. The van der Waals surface area contributed by atoms with Crippen LogP contribution in [0.2, 0.25) is 0 Å². The van der Waals surface area contributed by atoms with Crippen molar-refractivity contribution < 1.29 is 29.6 Å². The fourth-order valence-corrected chi connectivity index (χ4v) is 8.79. The average molecular weight is 559 g/mol. The molecule has 0 saturated heterocycles. The van der Waals surface area contributed by atoms with Crippen molar-refractivity contribution in [2.45, 2.75) is 141 Å². The first-order chi connectivity index (χ1) is 18.9. The van der Waals surface area contributed by atoms with Gasteiger partial charge in [0.25, 0.3) is 0 Å². The standard InChI is InChI=1S/C34H54O6/c1-6-7-8-9-10-11-12-13-14-15-16-17-28(36)40-33-20-24(3)34(39)26(29(33)31(33,4)5)19-25(22-35)21-32(38)27(34)18-23(2)30(32)37/h18-19,24,26-27,29,35,38-39H,6-17,20-22H2,1-5H3/t24-,26+,27-,29-,32-,33+,34-/m1/s1. The van der Waals surface area contributed by atoms with Gasteiger partial charge in [-0.1, -0.05) is 104 Å². The van der Waals surface area contributed by atoms with E-state index in [1.54, 1.807) is 13.0 Å². The molecule has 4 aliphatic rings. The zero-order valence-electron chi connectivity index (χ0n) is 25.6. The molecular formula is C34H54O6. The molecule has 6 nitrogen and oxygen atoms in total. The SMILES string of the molecule is CCCCCCCCCCCCCC(=O)O[C@@]12C[C@@H](C)[C@@]3(O)[C@@H](C=C(CO)C[C@]4(O)C(=O)C(C)=C[C@@H]34)[C@@H]1C2(C)C. The van der Waals surface area contributed by atoms with Gasteiger partial charge in [0, 0.05) is 36.0 Å². The summed E-state index contributed by atoms with van der Waals surface area (Å²) in [6.45, 7) is 9.77. The highest BCUT2D eigenvalue weighted by atomic mass is 16.6. The fraction of sp³-hybridized carbons (Fsp3) is 0.824. The third-order valence-electron chi connectivity index (χ3n) is 11.2. The second-order valence-electron chi connectivity index (χ2n) is 14.1. The van der Waals surface area contributed by atoms with Crippen LogP contribution in [0.5, 0.6) is 0 Å². The van der Waals surface area contributed by atoms with Crippen LogP contribution >= 0.6 is 0 Å². The Labute approximate surface area is 241 Å². The lowest BCUT2D eigenvalue weighted by Gasteiger charge is -2.50. The Morgan fingerprint density at radius 3 is 2.12 bits per heavy atom. The van der Waals surface area contributed by atoms with Crippen molar-refractivity contribution in [1.82, 2.24) is 0 Å². The van der Waals surface area contributed by atoms with Crippen LogP contribution in [0.15, 0.2) is 23.3 Å². The molecule has 0 bridgehead atoms. The smallest absolute Gasteiger partial charge is 0.306 e. The van der Waals surface area contributed by atoms with Crippen molar-refractivity contribution in [3.8, 4) is 0 Å². The van der Waals surface area contributed by atoms with Crippen molar-refractivity contribution in [1.29, 1.82) is 0 Å². The molecule has 3 N–H and O–H groups in total. The zero-order valence-corrected chi connectivity index (χ0v) is 25.6. The normalized spacial score (nSPS) is 37.5. The van der Waals surface area contributed by atoms with Crippen LogP contribution in [0.25, 0.3) is 0 Å². The number of rotatable bonds is 14. The van der Waals surface area contributed by atoms with Crippen LogP contribution in [-0.4, -0.2) is 50.5 Å². The number of hydrogen-bond acceptors (Lipinski definition) is 6. The minimum Gasteiger partial charge on any atom is -0.458 e. The Bertz CT molecular complexity index is 1010. The number of ether oxygens (including phenoxy) is 1. The number of hydrogen-bond donors (Lipinski definition) is 3. The lowest BCUT2D eigenvalue weighted by Crippen LogP contribution is -2.61. The first-order valence-electron chi connectivity index (χ1n) is 16.1. The Morgan fingerprint density at radius 1 is 0.975 bits per heavy atom. The highest BCUT2D eigenvalue weighted by Gasteiger charge is 2.83. The maximum absolute atomic E-state index is 13.1. The number of Topliss-reactive ketones (excluding diaryl/α,β-unsaturated/α-hetero) is 1. The van der Waals surface area contributed by atoms with E-state index in [1.165, 1.54) is 51.4 Å².